The fourth-order valence-corrected chi connectivity index (χ4v) is 6.01. The molecule has 0 bridgehead atoms. The monoisotopic (exact) mass is 419 g/mol. The van der Waals surface area contributed by atoms with Gasteiger partial charge in [-0.05, 0) is 74.9 Å². The lowest BCUT2D eigenvalue weighted by molar-refractivity contribution is -0.120. The summed E-state index contributed by atoms with van der Waals surface area (Å²) >= 11 is 0. The van der Waals surface area contributed by atoms with Crippen molar-refractivity contribution >= 4 is 21.6 Å². The highest BCUT2D eigenvalue weighted by Crippen LogP contribution is 2.46. The SMILES string of the molecule is CCN1C(=O)CC(C)(C)c2cc(S(=O)(=O)NCC3(CN4CCCC4)CC3)ccc21. The predicted molar refractivity (Wildman–Crippen MR) is 115 cm³/mol. The highest BCUT2D eigenvalue weighted by Gasteiger charge is 2.45. The molecule has 29 heavy (non-hydrogen) atoms. The van der Waals surface area contributed by atoms with Crippen molar-refractivity contribution in [3.8, 4) is 0 Å². The van der Waals surface area contributed by atoms with Crippen LogP contribution >= 0.6 is 0 Å². The van der Waals surface area contributed by atoms with E-state index in [2.05, 4.69) is 9.62 Å². The molecule has 1 saturated carbocycles. The molecule has 0 aromatic heterocycles. The van der Waals surface area contributed by atoms with Crippen LogP contribution in [0.25, 0.3) is 0 Å². The number of nitrogens with zero attached hydrogens (tertiary/aromatic N) is 2. The van der Waals surface area contributed by atoms with Crippen LogP contribution in [0.2, 0.25) is 0 Å². The molecule has 0 unspecified atom stereocenters. The van der Waals surface area contributed by atoms with Gasteiger partial charge in [-0.1, -0.05) is 13.8 Å². The Balaban J connectivity index is 1.52. The Hall–Kier alpha value is -1.44. The quantitative estimate of drug-likeness (QED) is 0.738. The fraction of sp³-hybridized carbons (Fsp3) is 0.682. The van der Waals surface area contributed by atoms with Crippen LogP contribution in [-0.4, -0.2) is 51.9 Å². The number of benzene rings is 1. The molecule has 1 N–H and O–H groups in total. The number of rotatable bonds is 7. The molecule has 3 aliphatic rings. The standard InChI is InChI=1S/C22H33N3O3S/c1-4-25-19-8-7-17(13-18(19)21(2,3)14-20(25)26)29(27,28)23-15-22(9-10-22)16-24-11-5-6-12-24/h7-8,13,23H,4-6,9-12,14-16H2,1-3H3. The molecule has 2 fully saturated rings. The van der Waals surface area contributed by atoms with Crippen molar-refractivity contribution < 1.29 is 13.2 Å². The van der Waals surface area contributed by atoms with Gasteiger partial charge in [-0.25, -0.2) is 13.1 Å². The first-order valence-electron chi connectivity index (χ1n) is 10.8. The lowest BCUT2D eigenvalue weighted by Gasteiger charge is -2.38. The molecular weight excluding hydrogens is 386 g/mol. The van der Waals surface area contributed by atoms with E-state index in [9.17, 15) is 13.2 Å². The second-order valence-corrected chi connectivity index (χ2v) is 11.5. The maximum absolute atomic E-state index is 13.1. The van der Waals surface area contributed by atoms with Gasteiger partial charge >= 0.3 is 0 Å². The van der Waals surface area contributed by atoms with Crippen LogP contribution in [0.5, 0.6) is 0 Å². The Morgan fingerprint density at radius 1 is 1.14 bits per heavy atom. The number of fused-ring (bicyclic) bond motifs is 1. The number of nitrogens with one attached hydrogen (secondary N) is 1. The van der Waals surface area contributed by atoms with Crippen LogP contribution in [0.4, 0.5) is 5.69 Å². The van der Waals surface area contributed by atoms with Gasteiger partial charge in [-0.15, -0.1) is 0 Å². The van der Waals surface area contributed by atoms with Crippen LogP contribution in [0.15, 0.2) is 23.1 Å². The number of likely N-dealkylation sites (tertiary alicyclic amines) is 1. The summed E-state index contributed by atoms with van der Waals surface area (Å²) in [6.07, 6.45) is 5.09. The number of sulfonamides is 1. The van der Waals surface area contributed by atoms with Crippen molar-refractivity contribution in [2.75, 3.05) is 37.6 Å². The van der Waals surface area contributed by atoms with Crippen LogP contribution < -0.4 is 9.62 Å². The van der Waals surface area contributed by atoms with Crippen LogP contribution in [0, 0.1) is 5.41 Å². The number of anilines is 1. The molecule has 1 saturated heterocycles. The molecular formula is C22H33N3O3S. The number of carbonyl (C=O) groups is 1. The van der Waals surface area contributed by atoms with Crippen molar-refractivity contribution in [2.24, 2.45) is 5.41 Å². The summed E-state index contributed by atoms with van der Waals surface area (Å²) in [5, 5.41) is 0. The van der Waals surface area contributed by atoms with Gasteiger partial charge < -0.3 is 9.80 Å². The maximum atomic E-state index is 13.1. The minimum atomic E-state index is -3.58. The van der Waals surface area contributed by atoms with E-state index in [1.165, 1.54) is 12.8 Å². The van der Waals surface area contributed by atoms with Gasteiger partial charge in [-0.3, -0.25) is 4.79 Å². The third kappa shape index (κ3) is 4.09. The first-order chi connectivity index (χ1) is 13.7. The molecule has 1 amide bonds. The molecule has 2 heterocycles. The van der Waals surface area contributed by atoms with E-state index in [4.69, 9.17) is 0 Å². The molecule has 1 aromatic carbocycles. The summed E-state index contributed by atoms with van der Waals surface area (Å²) < 4.78 is 29.0. The molecule has 0 radical (unpaired) electrons. The van der Waals surface area contributed by atoms with Gasteiger partial charge in [0.25, 0.3) is 0 Å². The lowest BCUT2D eigenvalue weighted by atomic mass is 9.77. The smallest absolute Gasteiger partial charge is 0.240 e. The molecule has 7 heteroatoms. The van der Waals surface area contributed by atoms with Gasteiger partial charge in [-0.2, -0.15) is 0 Å². The highest BCUT2D eigenvalue weighted by molar-refractivity contribution is 7.89. The first kappa shape index (κ1) is 20.8. The third-order valence-corrected chi connectivity index (χ3v) is 8.26. The second kappa shape index (κ2) is 7.36. The van der Waals surface area contributed by atoms with E-state index in [1.54, 1.807) is 23.1 Å². The molecule has 6 nitrogen and oxygen atoms in total. The van der Waals surface area contributed by atoms with Gasteiger partial charge in [0.2, 0.25) is 15.9 Å². The Morgan fingerprint density at radius 2 is 1.83 bits per heavy atom. The lowest BCUT2D eigenvalue weighted by Crippen LogP contribution is -2.42. The Kier molecular flexibility index (Phi) is 5.28. The number of hydrogen-bond acceptors (Lipinski definition) is 4. The van der Waals surface area contributed by atoms with Gasteiger partial charge in [0.1, 0.15) is 0 Å². The van der Waals surface area contributed by atoms with Crippen molar-refractivity contribution in [3.05, 3.63) is 23.8 Å². The van der Waals surface area contributed by atoms with E-state index in [-0.39, 0.29) is 16.7 Å². The van der Waals surface area contributed by atoms with E-state index < -0.39 is 10.0 Å². The molecule has 0 spiro atoms. The average Bonchev–Trinajstić information content (AvgIpc) is 3.23. The Bertz CT molecular complexity index is 900. The van der Waals surface area contributed by atoms with Crippen molar-refractivity contribution in [1.82, 2.24) is 9.62 Å². The fourth-order valence-electron chi connectivity index (χ4n) is 4.82. The third-order valence-electron chi connectivity index (χ3n) is 6.86. The number of carbonyl (C=O) groups excluding carboxylic acids is 1. The molecule has 2 aliphatic heterocycles. The second-order valence-electron chi connectivity index (χ2n) is 9.69. The maximum Gasteiger partial charge on any atom is 0.240 e. The summed E-state index contributed by atoms with van der Waals surface area (Å²) in [6, 6.07) is 5.20. The Labute approximate surface area is 174 Å². The van der Waals surface area contributed by atoms with Crippen molar-refractivity contribution in [2.45, 2.75) is 63.2 Å². The van der Waals surface area contributed by atoms with Crippen LogP contribution in [0.1, 0.15) is 58.4 Å². The minimum absolute atomic E-state index is 0.0938. The number of hydrogen-bond donors (Lipinski definition) is 1. The first-order valence-corrected chi connectivity index (χ1v) is 12.3. The topological polar surface area (TPSA) is 69.7 Å². The minimum Gasteiger partial charge on any atom is -0.312 e. The van der Waals surface area contributed by atoms with Crippen molar-refractivity contribution in [3.63, 3.8) is 0 Å². The van der Waals surface area contributed by atoms with Crippen LogP contribution in [-0.2, 0) is 20.2 Å². The molecule has 1 aromatic rings. The zero-order valence-corrected chi connectivity index (χ0v) is 18.6. The van der Waals surface area contributed by atoms with Crippen molar-refractivity contribution in [1.29, 1.82) is 0 Å². The normalized spacial score (nSPS) is 23.3. The van der Waals surface area contributed by atoms with Gasteiger partial charge in [0.15, 0.2) is 0 Å². The van der Waals surface area contributed by atoms with Gasteiger partial charge in [0, 0.05) is 37.2 Å². The zero-order chi connectivity index (χ0) is 20.9. The highest BCUT2D eigenvalue weighted by atomic mass is 32.2. The van der Waals surface area contributed by atoms with E-state index in [0.717, 1.165) is 43.7 Å². The average molecular weight is 420 g/mol. The summed E-state index contributed by atoms with van der Waals surface area (Å²) in [5.74, 6) is 0.0938. The number of amides is 1. The van der Waals surface area contributed by atoms with Gasteiger partial charge in [0.05, 0.1) is 4.90 Å². The van der Waals surface area contributed by atoms with E-state index in [1.807, 2.05) is 20.8 Å². The molecule has 4 rings (SSSR count). The summed E-state index contributed by atoms with van der Waals surface area (Å²) in [4.78, 5) is 17.0. The molecule has 160 valence electrons. The molecule has 0 atom stereocenters. The largest absolute Gasteiger partial charge is 0.312 e. The van der Waals surface area contributed by atoms with E-state index in [0.29, 0.717) is 24.4 Å². The predicted octanol–water partition coefficient (Wildman–Crippen LogP) is 2.88. The van der Waals surface area contributed by atoms with Crippen LogP contribution in [0.3, 0.4) is 0 Å². The van der Waals surface area contributed by atoms with E-state index >= 15 is 0 Å². The Morgan fingerprint density at radius 3 is 2.45 bits per heavy atom. The summed E-state index contributed by atoms with van der Waals surface area (Å²) in [7, 11) is -3.58. The molecule has 1 aliphatic carbocycles. The zero-order valence-electron chi connectivity index (χ0n) is 17.8. The summed E-state index contributed by atoms with van der Waals surface area (Å²) in [5.41, 5.74) is 1.49. The summed E-state index contributed by atoms with van der Waals surface area (Å²) in [6.45, 7) is 10.3.